The minimum absolute atomic E-state index is 0.0703. The fourth-order valence-electron chi connectivity index (χ4n) is 4.01. The summed E-state index contributed by atoms with van der Waals surface area (Å²) in [5.41, 5.74) is -0.0235. The maximum absolute atomic E-state index is 13.7. The molecule has 1 N–H and O–H groups in total. The van der Waals surface area contributed by atoms with Gasteiger partial charge >= 0.3 is 5.97 Å². The van der Waals surface area contributed by atoms with Crippen LogP contribution in [-0.4, -0.2) is 77.0 Å². The molecule has 0 saturated carbocycles. The van der Waals surface area contributed by atoms with Gasteiger partial charge < -0.3 is 15.0 Å². The lowest BCUT2D eigenvalue weighted by Crippen LogP contribution is -2.60. The third-order valence-electron chi connectivity index (χ3n) is 5.88. The molecule has 0 radical (unpaired) electrons. The molecule has 8 heteroatoms. The number of likely N-dealkylation sites (N-methyl/N-ethyl adjacent to an activating group) is 2. The molecule has 1 aliphatic rings. The van der Waals surface area contributed by atoms with E-state index in [1.807, 2.05) is 46.6 Å². The zero-order chi connectivity index (χ0) is 25.0. The number of hydrogen-bond acceptors (Lipinski definition) is 6. The van der Waals surface area contributed by atoms with Crippen LogP contribution in [0.5, 0.6) is 0 Å². The molecule has 0 bridgehead atoms. The summed E-state index contributed by atoms with van der Waals surface area (Å²) in [6.07, 6.45) is 1.78. The smallest absolute Gasteiger partial charge is 0.333 e. The number of esters is 1. The molecule has 1 fully saturated rings. The first-order valence-electron chi connectivity index (χ1n) is 11.3. The Morgan fingerprint density at radius 2 is 1.84 bits per heavy atom. The third-order valence-corrected chi connectivity index (χ3v) is 7.39. The van der Waals surface area contributed by atoms with Crippen LogP contribution in [0.3, 0.4) is 0 Å². The first-order chi connectivity index (χ1) is 14.5. The van der Waals surface area contributed by atoms with E-state index in [0.29, 0.717) is 12.2 Å². The molecule has 1 unspecified atom stereocenters. The lowest BCUT2D eigenvalue weighted by atomic mass is 9.84. The number of nitrogens with zero attached hydrogens (tertiary/aromatic N) is 2. The van der Waals surface area contributed by atoms with E-state index in [0.717, 1.165) is 5.88 Å². The molecule has 0 spiro atoms. The maximum Gasteiger partial charge on any atom is 0.333 e. The second-order valence-corrected chi connectivity index (χ2v) is 12.2. The Bertz CT molecular complexity index is 727. The van der Waals surface area contributed by atoms with Crippen molar-refractivity contribution < 1.29 is 19.1 Å². The number of thioether (sulfide) groups is 1. The van der Waals surface area contributed by atoms with Crippen molar-refractivity contribution in [2.45, 2.75) is 85.2 Å². The summed E-state index contributed by atoms with van der Waals surface area (Å²) in [6, 6.07) is -1.33. The van der Waals surface area contributed by atoms with Crippen molar-refractivity contribution in [1.82, 2.24) is 15.1 Å². The highest BCUT2D eigenvalue weighted by molar-refractivity contribution is 8.00. The summed E-state index contributed by atoms with van der Waals surface area (Å²) in [5.74, 6) is 0.142. The molecular weight excluding hydrogens is 426 g/mol. The van der Waals surface area contributed by atoms with Gasteiger partial charge in [-0.2, -0.15) is 0 Å². The largest absolute Gasteiger partial charge is 0.463 e. The minimum atomic E-state index is -0.702. The second kappa shape index (κ2) is 11.1. The van der Waals surface area contributed by atoms with Crippen molar-refractivity contribution in [3.05, 3.63) is 11.6 Å². The monoisotopic (exact) mass is 469 g/mol. The molecular formula is C24H43N3O4S. The maximum atomic E-state index is 13.7. The molecule has 1 heterocycles. The number of carbonyl (C=O) groups excluding carboxylic acids is 3. The topological polar surface area (TPSA) is 79.0 Å². The van der Waals surface area contributed by atoms with Gasteiger partial charge in [0.2, 0.25) is 11.8 Å². The lowest BCUT2D eigenvalue weighted by molar-refractivity contribution is -0.141. The number of rotatable bonds is 8. The van der Waals surface area contributed by atoms with Gasteiger partial charge in [0, 0.05) is 23.2 Å². The van der Waals surface area contributed by atoms with Gasteiger partial charge in [0.15, 0.2) is 0 Å². The Morgan fingerprint density at radius 1 is 1.28 bits per heavy atom. The average molecular weight is 470 g/mol. The molecule has 32 heavy (non-hydrogen) atoms. The fraction of sp³-hybridized carbons (Fsp3) is 0.792. The Hall–Kier alpha value is -1.54. The molecule has 1 aliphatic heterocycles. The summed E-state index contributed by atoms with van der Waals surface area (Å²) >= 11 is 1.73. The van der Waals surface area contributed by atoms with E-state index >= 15 is 0 Å². The number of carbonyl (C=O) groups is 3. The van der Waals surface area contributed by atoms with E-state index in [1.54, 1.807) is 43.6 Å². The van der Waals surface area contributed by atoms with E-state index < -0.39 is 11.5 Å². The zero-order valence-electron chi connectivity index (χ0n) is 21.7. The van der Waals surface area contributed by atoms with Crippen LogP contribution in [0.25, 0.3) is 0 Å². The molecule has 184 valence electrons. The van der Waals surface area contributed by atoms with Crippen LogP contribution in [0.4, 0.5) is 0 Å². The Morgan fingerprint density at radius 3 is 2.25 bits per heavy atom. The third kappa shape index (κ3) is 6.98. The SMILES string of the molecule is CCOC(=O)C(C)=CC(C(C)C)N(C)C(=O)[C@@H](NC(=O)[C@@H]1N(C)CSC1(C)C)C(C)(C)C. The molecule has 3 atom stereocenters. The van der Waals surface area contributed by atoms with Crippen LogP contribution >= 0.6 is 11.8 Å². The summed E-state index contributed by atoms with van der Waals surface area (Å²) in [4.78, 5) is 42.7. The average Bonchev–Trinajstić information content (AvgIpc) is 2.94. The summed E-state index contributed by atoms with van der Waals surface area (Å²) < 4.78 is 4.85. The fourth-order valence-corrected chi connectivity index (χ4v) is 5.14. The number of hydrogen-bond donors (Lipinski definition) is 1. The molecule has 0 aromatic carbocycles. The van der Waals surface area contributed by atoms with Crippen LogP contribution in [0, 0.1) is 11.3 Å². The van der Waals surface area contributed by atoms with Crippen molar-refractivity contribution >= 4 is 29.5 Å². The van der Waals surface area contributed by atoms with Gasteiger partial charge in [-0.05, 0) is 46.1 Å². The van der Waals surface area contributed by atoms with Gasteiger partial charge in [-0.15, -0.1) is 11.8 Å². The first kappa shape index (κ1) is 28.5. The van der Waals surface area contributed by atoms with Crippen LogP contribution in [0.1, 0.15) is 62.3 Å². The van der Waals surface area contributed by atoms with Gasteiger partial charge in [-0.3, -0.25) is 14.5 Å². The summed E-state index contributed by atoms with van der Waals surface area (Å²) in [6.45, 7) is 17.7. The predicted octanol–water partition coefficient (Wildman–Crippen LogP) is 3.29. The first-order valence-corrected chi connectivity index (χ1v) is 12.3. The van der Waals surface area contributed by atoms with Crippen LogP contribution < -0.4 is 5.32 Å². The van der Waals surface area contributed by atoms with Crippen molar-refractivity contribution in [1.29, 1.82) is 0 Å². The van der Waals surface area contributed by atoms with Crippen molar-refractivity contribution in [2.75, 3.05) is 26.6 Å². The van der Waals surface area contributed by atoms with Gasteiger partial charge in [0.1, 0.15) is 12.1 Å². The van der Waals surface area contributed by atoms with Gasteiger partial charge in [-0.1, -0.05) is 40.7 Å². The summed E-state index contributed by atoms with van der Waals surface area (Å²) in [7, 11) is 3.66. The number of ether oxygens (including phenoxy) is 1. The van der Waals surface area contributed by atoms with Crippen LogP contribution in [0.2, 0.25) is 0 Å². The normalized spacial score (nSPS) is 21.2. The number of amides is 2. The van der Waals surface area contributed by atoms with Crippen LogP contribution in [-0.2, 0) is 19.1 Å². The van der Waals surface area contributed by atoms with E-state index in [1.165, 1.54) is 0 Å². The summed E-state index contributed by atoms with van der Waals surface area (Å²) in [5, 5.41) is 3.06. The molecule has 7 nitrogen and oxygen atoms in total. The van der Waals surface area contributed by atoms with Crippen molar-refractivity contribution in [3.8, 4) is 0 Å². The predicted molar refractivity (Wildman–Crippen MR) is 131 cm³/mol. The highest BCUT2D eigenvalue weighted by Crippen LogP contribution is 2.38. The van der Waals surface area contributed by atoms with Gasteiger partial charge in [-0.25, -0.2) is 4.79 Å². The Labute approximate surface area is 198 Å². The van der Waals surface area contributed by atoms with Crippen LogP contribution in [0.15, 0.2) is 11.6 Å². The Kier molecular flexibility index (Phi) is 9.84. The van der Waals surface area contributed by atoms with E-state index in [-0.39, 0.29) is 40.5 Å². The molecule has 0 aromatic heterocycles. The molecule has 1 saturated heterocycles. The second-order valence-electron chi connectivity index (χ2n) is 10.6. The van der Waals surface area contributed by atoms with E-state index in [9.17, 15) is 14.4 Å². The quantitative estimate of drug-likeness (QED) is 0.434. The van der Waals surface area contributed by atoms with E-state index in [2.05, 4.69) is 19.2 Å². The molecule has 0 aromatic rings. The van der Waals surface area contributed by atoms with E-state index in [4.69, 9.17) is 4.74 Å². The van der Waals surface area contributed by atoms with Crippen molar-refractivity contribution in [2.24, 2.45) is 11.3 Å². The highest BCUT2D eigenvalue weighted by atomic mass is 32.2. The Balaban J connectivity index is 3.18. The molecule has 2 amide bonds. The molecule has 0 aliphatic carbocycles. The lowest BCUT2D eigenvalue weighted by Gasteiger charge is -2.39. The van der Waals surface area contributed by atoms with Gasteiger partial charge in [0.05, 0.1) is 12.6 Å². The van der Waals surface area contributed by atoms with Gasteiger partial charge in [0.25, 0.3) is 0 Å². The minimum Gasteiger partial charge on any atom is -0.463 e. The molecule has 1 rings (SSSR count). The van der Waals surface area contributed by atoms with Crippen molar-refractivity contribution in [3.63, 3.8) is 0 Å². The standard InChI is InChI=1S/C24H43N3O4S/c1-12-31-22(30)16(4)13-17(15(2)3)27(11)21(29)18(23(5,6)7)25-20(28)19-24(8,9)32-14-26(19)10/h13,15,17-19H,12,14H2,1-11H3,(H,25,28)/t17?,18-,19+/m1/s1. The zero-order valence-corrected chi connectivity index (χ0v) is 22.6. The number of nitrogens with one attached hydrogen (secondary N) is 1. The highest BCUT2D eigenvalue weighted by Gasteiger charge is 2.46.